The summed E-state index contributed by atoms with van der Waals surface area (Å²) in [7, 11) is 0. The first kappa shape index (κ1) is 33.4. The van der Waals surface area contributed by atoms with E-state index in [4.69, 9.17) is 0 Å². The van der Waals surface area contributed by atoms with Crippen LogP contribution in [-0.2, 0) is 0 Å². The molecule has 2 aliphatic carbocycles. The summed E-state index contributed by atoms with van der Waals surface area (Å²) < 4.78 is 0. The molecule has 0 saturated heterocycles. The fraction of sp³-hybridized carbons (Fsp3) is 0.231. The van der Waals surface area contributed by atoms with Gasteiger partial charge < -0.3 is 4.90 Å². The molecule has 0 aliphatic heterocycles. The molecule has 9 rings (SSSR count). The van der Waals surface area contributed by atoms with E-state index in [1.54, 1.807) is 0 Å². The number of anilines is 3. The van der Waals surface area contributed by atoms with Gasteiger partial charge in [0.25, 0.3) is 0 Å². The average Bonchev–Trinajstić information content (AvgIpc) is 3.25. The van der Waals surface area contributed by atoms with Crippen LogP contribution in [0.15, 0.2) is 164 Å². The lowest BCUT2D eigenvalue weighted by molar-refractivity contribution is 0.444. The minimum atomic E-state index is 0.702. The van der Waals surface area contributed by atoms with Gasteiger partial charge in [0.15, 0.2) is 0 Å². The van der Waals surface area contributed by atoms with Crippen molar-refractivity contribution in [2.75, 3.05) is 4.90 Å². The highest BCUT2D eigenvalue weighted by molar-refractivity contribution is 5.97. The van der Waals surface area contributed by atoms with Crippen molar-refractivity contribution in [3.63, 3.8) is 0 Å². The summed E-state index contributed by atoms with van der Waals surface area (Å²) >= 11 is 0. The fourth-order valence-corrected chi connectivity index (χ4v) is 9.14. The van der Waals surface area contributed by atoms with Crippen molar-refractivity contribution in [1.82, 2.24) is 0 Å². The minimum Gasteiger partial charge on any atom is -0.311 e. The Balaban J connectivity index is 1.05. The quantitative estimate of drug-likeness (QED) is 0.154. The first-order valence-electron chi connectivity index (χ1n) is 20.1. The molecule has 0 aromatic heterocycles. The van der Waals surface area contributed by atoms with E-state index in [9.17, 15) is 0 Å². The van der Waals surface area contributed by atoms with Gasteiger partial charge in [0.05, 0.1) is 0 Å². The first-order valence-corrected chi connectivity index (χ1v) is 20.1. The molecular formula is C52H49N. The van der Waals surface area contributed by atoms with Crippen LogP contribution in [-0.4, -0.2) is 0 Å². The van der Waals surface area contributed by atoms with E-state index in [1.807, 2.05) is 0 Å². The van der Waals surface area contributed by atoms with E-state index in [1.165, 1.54) is 119 Å². The van der Waals surface area contributed by atoms with Crippen LogP contribution in [0, 0.1) is 0 Å². The third-order valence-corrected chi connectivity index (χ3v) is 12.1. The summed E-state index contributed by atoms with van der Waals surface area (Å²) in [5.74, 6) is 1.40. The third kappa shape index (κ3) is 7.18. The molecule has 2 fully saturated rings. The maximum absolute atomic E-state index is 2.44. The van der Waals surface area contributed by atoms with Gasteiger partial charge in [-0.2, -0.15) is 0 Å². The van der Waals surface area contributed by atoms with E-state index in [0.717, 1.165) is 17.1 Å². The van der Waals surface area contributed by atoms with Gasteiger partial charge in [-0.1, -0.05) is 166 Å². The predicted molar refractivity (Wildman–Crippen MR) is 227 cm³/mol. The van der Waals surface area contributed by atoms with E-state index in [-0.39, 0.29) is 0 Å². The molecule has 7 aromatic carbocycles. The molecule has 0 unspecified atom stereocenters. The zero-order chi connectivity index (χ0) is 35.4. The summed E-state index contributed by atoms with van der Waals surface area (Å²) in [4.78, 5) is 2.40. The molecule has 0 spiro atoms. The number of nitrogens with zero attached hydrogens (tertiary/aromatic N) is 1. The van der Waals surface area contributed by atoms with Crippen molar-refractivity contribution in [2.24, 2.45) is 0 Å². The maximum atomic E-state index is 2.44. The van der Waals surface area contributed by atoms with Gasteiger partial charge in [-0.05, 0) is 129 Å². The summed E-state index contributed by atoms with van der Waals surface area (Å²) in [5, 5.41) is 2.55. The zero-order valence-electron chi connectivity index (χ0n) is 30.8. The minimum absolute atomic E-state index is 0.702. The average molecular weight is 688 g/mol. The standard InChI is InChI=1S/C52H49N/c1-3-12-38(13-4-1)44-18-9-20-46(36-44)40-24-30-48(31-25-40)53(50-34-28-43(29-35-50)52-23-11-17-42-16-7-8-22-51(42)52)49-32-26-41(27-33-49)47-21-10-19-45(37-47)39-14-5-2-6-15-39/h7-11,16-39H,1-6,12-15H2. The van der Waals surface area contributed by atoms with Crippen molar-refractivity contribution < 1.29 is 0 Å². The normalized spacial score (nSPS) is 15.4. The van der Waals surface area contributed by atoms with Crippen LogP contribution in [0.2, 0.25) is 0 Å². The third-order valence-electron chi connectivity index (χ3n) is 12.1. The molecule has 0 bridgehead atoms. The van der Waals surface area contributed by atoms with Crippen molar-refractivity contribution in [3.8, 4) is 33.4 Å². The monoisotopic (exact) mass is 687 g/mol. The van der Waals surface area contributed by atoms with Crippen LogP contribution in [0.5, 0.6) is 0 Å². The number of benzene rings is 7. The van der Waals surface area contributed by atoms with Crippen LogP contribution in [0.1, 0.15) is 87.2 Å². The SMILES string of the molecule is c1cc(-c2ccc(N(c3ccc(-c4cccc(C5CCCCC5)c4)cc3)c3ccc(-c4cccc5ccccc45)cc3)cc2)cc(C2CCCCC2)c1. The molecule has 7 aromatic rings. The van der Waals surface area contributed by atoms with Crippen molar-refractivity contribution in [3.05, 3.63) is 175 Å². The van der Waals surface area contributed by atoms with Gasteiger partial charge in [0, 0.05) is 17.1 Å². The predicted octanol–water partition coefficient (Wildman–Crippen LogP) is 15.4. The lowest BCUT2D eigenvalue weighted by Crippen LogP contribution is -2.09. The Morgan fingerprint density at radius 1 is 0.340 bits per heavy atom. The summed E-state index contributed by atoms with van der Waals surface area (Å²) in [6, 6.07) is 61.4. The van der Waals surface area contributed by atoms with E-state index in [0.29, 0.717) is 11.8 Å². The Morgan fingerprint density at radius 3 is 1.28 bits per heavy atom. The lowest BCUT2D eigenvalue weighted by Gasteiger charge is -2.26. The molecule has 0 radical (unpaired) electrons. The first-order chi connectivity index (χ1) is 26.3. The van der Waals surface area contributed by atoms with Gasteiger partial charge in [0.2, 0.25) is 0 Å². The Labute approximate surface area is 316 Å². The van der Waals surface area contributed by atoms with Crippen molar-refractivity contribution in [2.45, 2.75) is 76.0 Å². The van der Waals surface area contributed by atoms with Gasteiger partial charge in [-0.25, -0.2) is 0 Å². The fourth-order valence-electron chi connectivity index (χ4n) is 9.14. The van der Waals surface area contributed by atoms with Crippen LogP contribution in [0.3, 0.4) is 0 Å². The number of hydrogen-bond acceptors (Lipinski definition) is 1. The summed E-state index contributed by atoms with van der Waals surface area (Å²) in [5.41, 5.74) is 14.1. The lowest BCUT2D eigenvalue weighted by atomic mass is 9.83. The van der Waals surface area contributed by atoms with Crippen molar-refractivity contribution in [1.29, 1.82) is 0 Å². The number of rotatable bonds is 8. The summed E-state index contributed by atoms with van der Waals surface area (Å²) in [6.45, 7) is 0. The molecule has 53 heavy (non-hydrogen) atoms. The second-order valence-electron chi connectivity index (χ2n) is 15.4. The van der Waals surface area contributed by atoms with E-state index in [2.05, 4.69) is 169 Å². The van der Waals surface area contributed by atoms with E-state index < -0.39 is 0 Å². The van der Waals surface area contributed by atoms with Gasteiger partial charge >= 0.3 is 0 Å². The molecule has 262 valence electrons. The highest BCUT2D eigenvalue weighted by Gasteiger charge is 2.19. The molecule has 2 aliphatic rings. The molecular weight excluding hydrogens is 639 g/mol. The zero-order valence-corrected chi connectivity index (χ0v) is 30.8. The summed E-state index contributed by atoms with van der Waals surface area (Å²) in [6.07, 6.45) is 13.5. The molecule has 2 saturated carbocycles. The molecule has 0 heterocycles. The largest absolute Gasteiger partial charge is 0.311 e. The molecule has 1 nitrogen and oxygen atoms in total. The second-order valence-corrected chi connectivity index (χ2v) is 15.4. The van der Waals surface area contributed by atoms with Crippen LogP contribution in [0.4, 0.5) is 17.1 Å². The smallest absolute Gasteiger partial charge is 0.0462 e. The van der Waals surface area contributed by atoms with Gasteiger partial charge in [-0.15, -0.1) is 0 Å². The second kappa shape index (κ2) is 15.3. The van der Waals surface area contributed by atoms with Gasteiger partial charge in [-0.3, -0.25) is 0 Å². The Morgan fingerprint density at radius 2 is 0.774 bits per heavy atom. The van der Waals surface area contributed by atoms with Crippen LogP contribution < -0.4 is 4.90 Å². The maximum Gasteiger partial charge on any atom is 0.0462 e. The van der Waals surface area contributed by atoms with Crippen molar-refractivity contribution >= 4 is 27.8 Å². The number of fused-ring (bicyclic) bond motifs is 1. The Hall–Kier alpha value is -5.40. The van der Waals surface area contributed by atoms with Crippen LogP contribution in [0.25, 0.3) is 44.2 Å². The number of hydrogen-bond donors (Lipinski definition) is 0. The topological polar surface area (TPSA) is 3.24 Å². The molecule has 0 atom stereocenters. The Bertz CT molecular complexity index is 2170. The molecule has 1 heteroatoms. The molecule has 0 N–H and O–H groups in total. The highest BCUT2D eigenvalue weighted by Crippen LogP contribution is 2.40. The molecule has 0 amide bonds. The highest BCUT2D eigenvalue weighted by atomic mass is 15.1. The Kier molecular flexibility index (Phi) is 9.65. The van der Waals surface area contributed by atoms with Crippen LogP contribution >= 0.6 is 0 Å². The van der Waals surface area contributed by atoms with E-state index >= 15 is 0 Å². The van der Waals surface area contributed by atoms with Gasteiger partial charge in [0.1, 0.15) is 0 Å².